The van der Waals surface area contributed by atoms with Crippen molar-refractivity contribution in [1.29, 1.82) is 0 Å². The Morgan fingerprint density at radius 2 is 1.83 bits per heavy atom. The first-order chi connectivity index (χ1) is 8.61. The highest BCUT2D eigenvalue weighted by Gasteiger charge is 2.33. The lowest BCUT2D eigenvalue weighted by Gasteiger charge is -2.46. The van der Waals surface area contributed by atoms with Crippen LogP contribution in [-0.4, -0.2) is 47.6 Å². The smallest absolute Gasteiger partial charge is 0.0218 e. The fraction of sp³-hybridized carbons (Fsp3) is 1.00. The van der Waals surface area contributed by atoms with E-state index >= 15 is 0 Å². The maximum absolute atomic E-state index is 3.71. The Bertz CT molecular complexity index is 249. The molecule has 2 atom stereocenters. The minimum Gasteiger partial charge on any atom is -0.311 e. The number of nitrogens with zero attached hydrogens (tertiary/aromatic N) is 1. The van der Waals surface area contributed by atoms with E-state index in [-0.39, 0.29) is 0 Å². The second-order valence-corrected chi connectivity index (χ2v) is 7.61. The Kier molecular flexibility index (Phi) is 5.40. The van der Waals surface area contributed by atoms with E-state index in [0.29, 0.717) is 6.04 Å². The molecule has 2 unspecified atom stereocenters. The molecule has 3 heteroatoms. The molecule has 0 aromatic heterocycles. The zero-order chi connectivity index (χ0) is 13.1. The van der Waals surface area contributed by atoms with Gasteiger partial charge in [0.05, 0.1) is 0 Å². The number of nitrogens with one attached hydrogen (secondary N) is 1. The summed E-state index contributed by atoms with van der Waals surface area (Å²) in [5.74, 6) is 0.752. The minimum atomic E-state index is 0.694. The third-order valence-electron chi connectivity index (χ3n) is 4.90. The molecule has 2 aliphatic rings. The van der Waals surface area contributed by atoms with E-state index < -0.39 is 0 Å². The summed E-state index contributed by atoms with van der Waals surface area (Å²) in [4.78, 5) is 2.80. The summed E-state index contributed by atoms with van der Waals surface area (Å²) in [5, 5.41) is 4.64. The average Bonchev–Trinajstić information content (AvgIpc) is 2.39. The van der Waals surface area contributed by atoms with Crippen LogP contribution in [0.5, 0.6) is 0 Å². The highest BCUT2D eigenvalue weighted by Crippen LogP contribution is 2.31. The number of hydrogen-bond donors (Lipinski definition) is 1. The van der Waals surface area contributed by atoms with Gasteiger partial charge in [0.25, 0.3) is 0 Å². The number of piperazine rings is 1. The fourth-order valence-corrected chi connectivity index (χ4v) is 4.22. The van der Waals surface area contributed by atoms with E-state index in [0.717, 1.165) is 23.3 Å². The van der Waals surface area contributed by atoms with E-state index in [2.05, 4.69) is 49.0 Å². The van der Waals surface area contributed by atoms with Crippen molar-refractivity contribution in [2.24, 2.45) is 5.92 Å². The molecule has 2 fully saturated rings. The molecule has 1 N–H and O–H groups in total. The van der Waals surface area contributed by atoms with E-state index in [4.69, 9.17) is 0 Å². The van der Waals surface area contributed by atoms with Crippen LogP contribution in [0.25, 0.3) is 0 Å². The lowest BCUT2D eigenvalue weighted by molar-refractivity contribution is 0.0605. The third-order valence-corrected chi connectivity index (χ3v) is 6.04. The van der Waals surface area contributed by atoms with Gasteiger partial charge in [0.2, 0.25) is 0 Å². The number of hydrogen-bond acceptors (Lipinski definition) is 3. The van der Waals surface area contributed by atoms with Gasteiger partial charge in [-0.2, -0.15) is 11.8 Å². The van der Waals surface area contributed by atoms with Crippen LogP contribution in [-0.2, 0) is 0 Å². The van der Waals surface area contributed by atoms with E-state index in [1.54, 1.807) is 0 Å². The molecule has 0 aromatic rings. The van der Waals surface area contributed by atoms with Gasteiger partial charge in [0.1, 0.15) is 0 Å². The van der Waals surface area contributed by atoms with Gasteiger partial charge in [-0.05, 0) is 44.8 Å². The standard InChI is InChI=1S/C15H30N2S/c1-11(2)15-10-17(12(3)9-16-15)13-5-7-14(18-4)8-6-13/h11-16H,5-10H2,1-4H3. The van der Waals surface area contributed by atoms with Gasteiger partial charge in [-0.3, -0.25) is 4.90 Å². The zero-order valence-electron chi connectivity index (χ0n) is 12.5. The Morgan fingerprint density at radius 1 is 1.17 bits per heavy atom. The number of thioether (sulfide) groups is 1. The monoisotopic (exact) mass is 270 g/mol. The minimum absolute atomic E-state index is 0.694. The van der Waals surface area contributed by atoms with E-state index in [9.17, 15) is 0 Å². The highest BCUT2D eigenvalue weighted by molar-refractivity contribution is 7.99. The molecule has 1 saturated carbocycles. The first kappa shape index (κ1) is 14.7. The largest absolute Gasteiger partial charge is 0.311 e. The first-order valence-corrected chi connectivity index (χ1v) is 8.92. The summed E-state index contributed by atoms with van der Waals surface area (Å²) >= 11 is 2.07. The van der Waals surface area contributed by atoms with Gasteiger partial charge in [0, 0.05) is 36.5 Å². The molecule has 18 heavy (non-hydrogen) atoms. The molecule has 1 aliphatic heterocycles. The molecule has 0 amide bonds. The van der Waals surface area contributed by atoms with Crippen LogP contribution in [0.3, 0.4) is 0 Å². The quantitative estimate of drug-likeness (QED) is 0.849. The summed E-state index contributed by atoms with van der Waals surface area (Å²) in [5.41, 5.74) is 0. The molecule has 106 valence electrons. The van der Waals surface area contributed by atoms with E-state index in [1.165, 1.54) is 38.8 Å². The maximum Gasteiger partial charge on any atom is 0.0218 e. The van der Waals surface area contributed by atoms with Gasteiger partial charge in [-0.15, -0.1) is 0 Å². The molecule has 1 aliphatic carbocycles. The van der Waals surface area contributed by atoms with Gasteiger partial charge in [-0.1, -0.05) is 13.8 Å². The molecule has 2 nitrogen and oxygen atoms in total. The fourth-order valence-electron chi connectivity index (χ4n) is 3.48. The van der Waals surface area contributed by atoms with Gasteiger partial charge in [0.15, 0.2) is 0 Å². The molecular weight excluding hydrogens is 240 g/mol. The first-order valence-electron chi connectivity index (χ1n) is 7.63. The van der Waals surface area contributed by atoms with Crippen molar-refractivity contribution < 1.29 is 0 Å². The third kappa shape index (κ3) is 3.43. The van der Waals surface area contributed by atoms with Crippen molar-refractivity contribution in [3.63, 3.8) is 0 Å². The normalized spacial score (nSPS) is 39.2. The molecule has 0 bridgehead atoms. The van der Waals surface area contributed by atoms with Crippen LogP contribution in [0.1, 0.15) is 46.5 Å². The van der Waals surface area contributed by atoms with Crippen LogP contribution < -0.4 is 5.32 Å². The zero-order valence-corrected chi connectivity index (χ0v) is 13.3. The van der Waals surface area contributed by atoms with Gasteiger partial charge < -0.3 is 5.32 Å². The van der Waals surface area contributed by atoms with Crippen LogP contribution >= 0.6 is 11.8 Å². The van der Waals surface area contributed by atoms with Crippen LogP contribution in [0.15, 0.2) is 0 Å². The second kappa shape index (κ2) is 6.62. The maximum atomic E-state index is 3.71. The molecule has 1 saturated heterocycles. The van der Waals surface area contributed by atoms with Crippen LogP contribution in [0.2, 0.25) is 0 Å². The SMILES string of the molecule is CSC1CCC(N2CC(C(C)C)NCC2C)CC1. The molecule has 0 radical (unpaired) electrons. The second-order valence-electron chi connectivity index (χ2n) is 6.47. The Labute approximate surface area is 117 Å². The topological polar surface area (TPSA) is 15.3 Å². The highest BCUT2D eigenvalue weighted by atomic mass is 32.2. The van der Waals surface area contributed by atoms with Crippen molar-refractivity contribution in [2.45, 2.75) is 69.8 Å². The Hall–Kier alpha value is 0.270. The predicted octanol–water partition coefficient (Wildman–Crippen LogP) is 2.98. The van der Waals surface area contributed by atoms with Crippen molar-refractivity contribution in [2.75, 3.05) is 19.3 Å². The molecule has 2 rings (SSSR count). The van der Waals surface area contributed by atoms with Crippen LogP contribution in [0, 0.1) is 5.92 Å². The van der Waals surface area contributed by atoms with E-state index in [1.807, 2.05) is 0 Å². The summed E-state index contributed by atoms with van der Waals surface area (Å²) in [6, 6.07) is 2.27. The number of rotatable bonds is 3. The van der Waals surface area contributed by atoms with Gasteiger partial charge >= 0.3 is 0 Å². The Morgan fingerprint density at radius 3 is 2.39 bits per heavy atom. The molecule has 0 spiro atoms. The molecule has 0 aromatic carbocycles. The summed E-state index contributed by atoms with van der Waals surface area (Å²) in [6.07, 6.45) is 7.96. The van der Waals surface area contributed by atoms with Crippen molar-refractivity contribution in [3.8, 4) is 0 Å². The van der Waals surface area contributed by atoms with Crippen molar-refractivity contribution in [3.05, 3.63) is 0 Å². The summed E-state index contributed by atoms with van der Waals surface area (Å²) in [7, 11) is 0. The van der Waals surface area contributed by atoms with Gasteiger partial charge in [-0.25, -0.2) is 0 Å². The van der Waals surface area contributed by atoms with Crippen LogP contribution in [0.4, 0.5) is 0 Å². The van der Waals surface area contributed by atoms with Crippen molar-refractivity contribution in [1.82, 2.24) is 10.2 Å². The Balaban J connectivity index is 1.90. The molecule has 1 heterocycles. The lowest BCUT2D eigenvalue weighted by atomic mass is 9.90. The lowest BCUT2D eigenvalue weighted by Crippen LogP contribution is -2.60. The molecular formula is C15H30N2S. The predicted molar refractivity (Wildman–Crippen MR) is 82.4 cm³/mol. The average molecular weight is 270 g/mol. The van der Waals surface area contributed by atoms with Crippen molar-refractivity contribution >= 4 is 11.8 Å². The summed E-state index contributed by atoms with van der Waals surface area (Å²) in [6.45, 7) is 9.51. The summed E-state index contributed by atoms with van der Waals surface area (Å²) < 4.78 is 0.